The summed E-state index contributed by atoms with van der Waals surface area (Å²) in [5.74, 6) is -0.712. The van der Waals surface area contributed by atoms with Crippen molar-refractivity contribution in [2.24, 2.45) is 0 Å². The van der Waals surface area contributed by atoms with E-state index in [4.69, 9.17) is 5.11 Å². The summed E-state index contributed by atoms with van der Waals surface area (Å²) in [6.07, 6.45) is 4.84. The third kappa shape index (κ3) is 3.70. The lowest BCUT2D eigenvalue weighted by molar-refractivity contribution is -0.138. The summed E-state index contributed by atoms with van der Waals surface area (Å²) in [5, 5.41) is 12.0. The number of carbonyl (C=O) groups excluding carboxylic acids is 1. The molecule has 0 aromatic heterocycles. The van der Waals surface area contributed by atoms with Crippen LogP contribution < -0.4 is 5.32 Å². The zero-order valence-corrected chi connectivity index (χ0v) is 10.0. The number of carboxylic acids is 1. The SMILES string of the molecule is O=C(O)CCN(C(=O)CC1CCCN1)C1CC1. The van der Waals surface area contributed by atoms with E-state index in [-0.39, 0.29) is 12.3 Å². The normalized spacial score (nSPS) is 23.6. The fraction of sp³-hybridized carbons (Fsp3) is 0.833. The van der Waals surface area contributed by atoms with Gasteiger partial charge in [-0.3, -0.25) is 9.59 Å². The van der Waals surface area contributed by atoms with Gasteiger partial charge in [0, 0.05) is 25.0 Å². The highest BCUT2D eigenvalue weighted by Gasteiger charge is 2.33. The molecule has 0 spiro atoms. The second kappa shape index (κ2) is 5.49. The Balaban J connectivity index is 1.81. The van der Waals surface area contributed by atoms with Crippen molar-refractivity contribution < 1.29 is 14.7 Å². The molecule has 2 aliphatic rings. The molecular weight excluding hydrogens is 220 g/mol. The van der Waals surface area contributed by atoms with Crippen LogP contribution in [0.5, 0.6) is 0 Å². The number of carbonyl (C=O) groups is 2. The smallest absolute Gasteiger partial charge is 0.305 e. The molecule has 2 fully saturated rings. The molecule has 0 bridgehead atoms. The van der Waals surface area contributed by atoms with Crippen LogP contribution in [-0.4, -0.2) is 47.1 Å². The maximum Gasteiger partial charge on any atom is 0.305 e. The fourth-order valence-corrected chi connectivity index (χ4v) is 2.37. The summed E-state index contributed by atoms with van der Waals surface area (Å²) in [6.45, 7) is 1.36. The predicted octanol–water partition coefficient (Wildman–Crippen LogP) is 0.594. The number of rotatable bonds is 6. The van der Waals surface area contributed by atoms with Crippen LogP contribution >= 0.6 is 0 Å². The summed E-state index contributed by atoms with van der Waals surface area (Å²) < 4.78 is 0. The van der Waals surface area contributed by atoms with Crippen molar-refractivity contribution in [1.82, 2.24) is 10.2 Å². The van der Waals surface area contributed by atoms with E-state index in [9.17, 15) is 9.59 Å². The molecule has 1 heterocycles. The molecule has 0 radical (unpaired) electrons. The van der Waals surface area contributed by atoms with Gasteiger partial charge in [-0.05, 0) is 32.2 Å². The topological polar surface area (TPSA) is 69.6 Å². The Morgan fingerprint density at radius 2 is 2.06 bits per heavy atom. The monoisotopic (exact) mass is 240 g/mol. The van der Waals surface area contributed by atoms with Crippen molar-refractivity contribution >= 4 is 11.9 Å². The van der Waals surface area contributed by atoms with Gasteiger partial charge in [0.2, 0.25) is 5.91 Å². The van der Waals surface area contributed by atoms with Crippen LogP contribution in [0.15, 0.2) is 0 Å². The first kappa shape index (κ1) is 12.4. The van der Waals surface area contributed by atoms with Gasteiger partial charge in [-0.2, -0.15) is 0 Å². The molecule has 1 aliphatic carbocycles. The van der Waals surface area contributed by atoms with E-state index in [0.29, 0.717) is 25.0 Å². The highest BCUT2D eigenvalue weighted by atomic mass is 16.4. The highest BCUT2D eigenvalue weighted by molar-refractivity contribution is 5.78. The molecule has 1 atom stereocenters. The van der Waals surface area contributed by atoms with Crippen molar-refractivity contribution in [2.45, 2.75) is 50.6 Å². The van der Waals surface area contributed by atoms with E-state index < -0.39 is 5.97 Å². The Labute approximate surface area is 101 Å². The van der Waals surface area contributed by atoms with Crippen molar-refractivity contribution in [3.8, 4) is 0 Å². The predicted molar refractivity (Wildman–Crippen MR) is 62.6 cm³/mol. The maximum absolute atomic E-state index is 12.1. The molecule has 0 aromatic carbocycles. The Morgan fingerprint density at radius 1 is 1.29 bits per heavy atom. The van der Waals surface area contributed by atoms with Gasteiger partial charge in [-0.15, -0.1) is 0 Å². The van der Waals surface area contributed by atoms with E-state index in [0.717, 1.165) is 32.2 Å². The summed E-state index contributed by atoms with van der Waals surface area (Å²) in [6, 6.07) is 0.608. The van der Waals surface area contributed by atoms with E-state index >= 15 is 0 Å². The summed E-state index contributed by atoms with van der Waals surface area (Å²) in [5.41, 5.74) is 0. The fourth-order valence-electron chi connectivity index (χ4n) is 2.37. The Kier molecular flexibility index (Phi) is 3.99. The molecule has 2 rings (SSSR count). The van der Waals surface area contributed by atoms with Gasteiger partial charge in [-0.1, -0.05) is 0 Å². The third-order valence-electron chi connectivity index (χ3n) is 3.46. The van der Waals surface area contributed by atoms with Crippen LogP contribution in [0.25, 0.3) is 0 Å². The average Bonchev–Trinajstić information content (AvgIpc) is 2.97. The standard InChI is InChI=1S/C12H20N2O3/c15-11(8-9-2-1-6-13-9)14(10-3-4-10)7-5-12(16)17/h9-10,13H,1-8H2,(H,16,17). The molecule has 17 heavy (non-hydrogen) atoms. The Bertz CT molecular complexity index is 296. The molecular formula is C12H20N2O3. The van der Waals surface area contributed by atoms with Crippen molar-refractivity contribution in [1.29, 1.82) is 0 Å². The number of nitrogens with one attached hydrogen (secondary N) is 1. The molecule has 0 aromatic rings. The minimum absolute atomic E-state index is 0.0559. The molecule has 1 aliphatic heterocycles. The van der Waals surface area contributed by atoms with Gasteiger partial charge in [0.15, 0.2) is 0 Å². The first-order chi connectivity index (χ1) is 8.16. The van der Waals surface area contributed by atoms with E-state index in [1.165, 1.54) is 0 Å². The first-order valence-electron chi connectivity index (χ1n) is 6.41. The lowest BCUT2D eigenvalue weighted by atomic mass is 10.1. The number of nitrogens with zero attached hydrogens (tertiary/aromatic N) is 1. The van der Waals surface area contributed by atoms with Gasteiger partial charge in [0.1, 0.15) is 0 Å². The summed E-state index contributed by atoms with van der Waals surface area (Å²) in [7, 11) is 0. The number of amides is 1. The quantitative estimate of drug-likeness (QED) is 0.713. The average molecular weight is 240 g/mol. The Hall–Kier alpha value is -1.10. The van der Waals surface area contributed by atoms with Crippen LogP contribution in [-0.2, 0) is 9.59 Å². The minimum atomic E-state index is -0.831. The van der Waals surface area contributed by atoms with E-state index in [1.807, 2.05) is 0 Å². The largest absolute Gasteiger partial charge is 0.481 e. The van der Waals surface area contributed by atoms with Crippen LogP contribution in [0.2, 0.25) is 0 Å². The lowest BCUT2D eigenvalue weighted by Gasteiger charge is -2.23. The molecule has 96 valence electrons. The lowest BCUT2D eigenvalue weighted by Crippen LogP contribution is -2.38. The van der Waals surface area contributed by atoms with Crippen LogP contribution in [0.1, 0.15) is 38.5 Å². The first-order valence-corrected chi connectivity index (χ1v) is 6.41. The second-order valence-electron chi connectivity index (χ2n) is 4.96. The number of hydrogen-bond donors (Lipinski definition) is 2. The molecule has 1 unspecified atom stereocenters. The molecule has 1 saturated carbocycles. The summed E-state index contributed by atoms with van der Waals surface area (Å²) in [4.78, 5) is 24.4. The number of aliphatic carboxylic acids is 1. The van der Waals surface area contributed by atoms with E-state index in [2.05, 4.69) is 5.32 Å². The number of hydrogen-bond acceptors (Lipinski definition) is 3. The van der Waals surface area contributed by atoms with Crippen molar-refractivity contribution in [3.63, 3.8) is 0 Å². The molecule has 5 nitrogen and oxygen atoms in total. The van der Waals surface area contributed by atoms with Gasteiger partial charge >= 0.3 is 5.97 Å². The Morgan fingerprint density at radius 3 is 2.59 bits per heavy atom. The highest BCUT2D eigenvalue weighted by Crippen LogP contribution is 2.28. The van der Waals surface area contributed by atoms with Crippen LogP contribution in [0.3, 0.4) is 0 Å². The second-order valence-corrected chi connectivity index (χ2v) is 4.96. The van der Waals surface area contributed by atoms with Crippen molar-refractivity contribution in [2.75, 3.05) is 13.1 Å². The third-order valence-corrected chi connectivity index (χ3v) is 3.46. The molecule has 5 heteroatoms. The molecule has 1 saturated heterocycles. The minimum Gasteiger partial charge on any atom is -0.481 e. The zero-order valence-electron chi connectivity index (χ0n) is 10.0. The molecule has 1 amide bonds. The van der Waals surface area contributed by atoms with Gasteiger partial charge < -0.3 is 15.3 Å². The zero-order chi connectivity index (χ0) is 12.3. The summed E-state index contributed by atoms with van der Waals surface area (Å²) >= 11 is 0. The number of carboxylic acid groups (broad SMARTS) is 1. The van der Waals surface area contributed by atoms with Gasteiger partial charge in [0.05, 0.1) is 6.42 Å². The van der Waals surface area contributed by atoms with Crippen LogP contribution in [0.4, 0.5) is 0 Å². The van der Waals surface area contributed by atoms with Crippen LogP contribution in [0, 0.1) is 0 Å². The van der Waals surface area contributed by atoms with Crippen molar-refractivity contribution in [3.05, 3.63) is 0 Å². The van der Waals surface area contributed by atoms with Gasteiger partial charge in [-0.25, -0.2) is 0 Å². The van der Waals surface area contributed by atoms with Gasteiger partial charge in [0.25, 0.3) is 0 Å². The van der Waals surface area contributed by atoms with E-state index in [1.54, 1.807) is 4.90 Å². The maximum atomic E-state index is 12.1. The molecule has 2 N–H and O–H groups in total.